The second-order valence-corrected chi connectivity index (χ2v) is 8.79. The SMILES string of the molecule is Cc1nnc(NC(=O)c2ccc(C)c(S(=O)(=O)NCc3ccccc3)c2)s1. The van der Waals surface area contributed by atoms with Gasteiger partial charge in [-0.15, -0.1) is 10.2 Å². The fourth-order valence-corrected chi connectivity index (χ4v) is 4.27. The summed E-state index contributed by atoms with van der Waals surface area (Å²) >= 11 is 1.24. The molecule has 0 aliphatic rings. The summed E-state index contributed by atoms with van der Waals surface area (Å²) in [4.78, 5) is 12.5. The lowest BCUT2D eigenvalue weighted by Crippen LogP contribution is -2.24. The lowest BCUT2D eigenvalue weighted by molar-refractivity contribution is 0.102. The number of nitrogens with zero attached hydrogens (tertiary/aromatic N) is 2. The van der Waals surface area contributed by atoms with Gasteiger partial charge in [0.2, 0.25) is 15.2 Å². The van der Waals surface area contributed by atoms with Crippen LogP contribution in [0, 0.1) is 13.8 Å². The monoisotopic (exact) mass is 402 g/mol. The largest absolute Gasteiger partial charge is 0.296 e. The number of sulfonamides is 1. The molecule has 0 spiro atoms. The van der Waals surface area contributed by atoms with Crippen LogP contribution < -0.4 is 10.0 Å². The fourth-order valence-electron chi connectivity index (χ4n) is 2.40. The molecule has 140 valence electrons. The minimum atomic E-state index is -3.77. The number of hydrogen-bond donors (Lipinski definition) is 2. The van der Waals surface area contributed by atoms with E-state index in [1.54, 1.807) is 26.0 Å². The standard InChI is InChI=1S/C18H18N4O3S2/c1-12-8-9-15(17(23)20-18-22-21-13(2)26-18)10-16(12)27(24,25)19-11-14-6-4-3-5-7-14/h3-10,19H,11H2,1-2H3,(H,20,22,23). The van der Waals surface area contributed by atoms with Crippen molar-refractivity contribution in [3.63, 3.8) is 0 Å². The summed E-state index contributed by atoms with van der Waals surface area (Å²) in [5.41, 5.74) is 1.63. The van der Waals surface area contributed by atoms with Crippen molar-refractivity contribution in [1.82, 2.24) is 14.9 Å². The molecule has 0 unspecified atom stereocenters. The van der Waals surface area contributed by atoms with Gasteiger partial charge in [-0.3, -0.25) is 10.1 Å². The van der Waals surface area contributed by atoms with E-state index in [0.717, 1.165) is 10.6 Å². The molecule has 1 aromatic heterocycles. The Morgan fingerprint density at radius 2 is 1.81 bits per heavy atom. The Morgan fingerprint density at radius 3 is 2.48 bits per heavy atom. The van der Waals surface area contributed by atoms with Crippen LogP contribution in [0.1, 0.15) is 26.5 Å². The smallest absolute Gasteiger partial charge is 0.257 e. The Kier molecular flexibility index (Phi) is 5.64. The predicted molar refractivity (Wildman–Crippen MR) is 104 cm³/mol. The second-order valence-electron chi connectivity index (χ2n) is 5.87. The molecule has 0 bridgehead atoms. The molecule has 1 heterocycles. The molecule has 0 aliphatic heterocycles. The Morgan fingerprint density at radius 1 is 1.07 bits per heavy atom. The molecule has 3 rings (SSSR count). The van der Waals surface area contributed by atoms with Crippen molar-refractivity contribution in [2.75, 3.05) is 5.32 Å². The van der Waals surface area contributed by atoms with Gasteiger partial charge >= 0.3 is 0 Å². The highest BCUT2D eigenvalue weighted by Gasteiger charge is 2.19. The van der Waals surface area contributed by atoms with Crippen molar-refractivity contribution in [3.05, 3.63) is 70.2 Å². The number of benzene rings is 2. The first kappa shape index (κ1) is 19.2. The van der Waals surface area contributed by atoms with Gasteiger partial charge < -0.3 is 0 Å². The minimum Gasteiger partial charge on any atom is -0.296 e. The molecule has 1 amide bonds. The van der Waals surface area contributed by atoms with Gasteiger partial charge in [0.1, 0.15) is 5.01 Å². The third-order valence-electron chi connectivity index (χ3n) is 3.80. The molecule has 9 heteroatoms. The number of aromatic nitrogens is 2. The van der Waals surface area contributed by atoms with Crippen LogP contribution >= 0.6 is 11.3 Å². The van der Waals surface area contributed by atoms with Crippen molar-refractivity contribution < 1.29 is 13.2 Å². The lowest BCUT2D eigenvalue weighted by Gasteiger charge is -2.11. The summed E-state index contributed by atoms with van der Waals surface area (Å²) in [6.45, 7) is 3.64. The van der Waals surface area contributed by atoms with E-state index in [4.69, 9.17) is 0 Å². The first-order valence-electron chi connectivity index (χ1n) is 8.11. The van der Waals surface area contributed by atoms with E-state index in [2.05, 4.69) is 20.2 Å². The summed E-state index contributed by atoms with van der Waals surface area (Å²) in [5, 5.41) is 11.4. The number of amides is 1. The summed E-state index contributed by atoms with van der Waals surface area (Å²) in [5.74, 6) is -0.439. The van der Waals surface area contributed by atoms with Gasteiger partial charge in [0.05, 0.1) is 4.90 Å². The number of rotatable bonds is 6. The summed E-state index contributed by atoms with van der Waals surface area (Å²) in [6.07, 6.45) is 0. The van der Waals surface area contributed by atoms with Gasteiger partial charge in [0.15, 0.2) is 0 Å². The zero-order valence-corrected chi connectivity index (χ0v) is 16.4. The maximum Gasteiger partial charge on any atom is 0.257 e. The van der Waals surface area contributed by atoms with Crippen molar-refractivity contribution >= 4 is 32.4 Å². The normalized spacial score (nSPS) is 11.3. The highest BCUT2D eigenvalue weighted by molar-refractivity contribution is 7.89. The summed E-state index contributed by atoms with van der Waals surface area (Å²) in [7, 11) is -3.77. The summed E-state index contributed by atoms with van der Waals surface area (Å²) in [6, 6.07) is 13.8. The molecule has 0 atom stereocenters. The predicted octanol–water partition coefficient (Wildman–Crippen LogP) is 2.89. The molecule has 0 fully saturated rings. The average molecular weight is 403 g/mol. The fraction of sp³-hybridized carbons (Fsp3) is 0.167. The summed E-state index contributed by atoms with van der Waals surface area (Å²) < 4.78 is 28.0. The number of nitrogens with one attached hydrogen (secondary N) is 2. The van der Waals surface area contributed by atoms with E-state index >= 15 is 0 Å². The van der Waals surface area contributed by atoms with E-state index in [0.29, 0.717) is 10.7 Å². The second kappa shape index (κ2) is 7.95. The molecule has 0 radical (unpaired) electrons. The van der Waals surface area contributed by atoms with E-state index in [-0.39, 0.29) is 17.0 Å². The zero-order valence-electron chi connectivity index (χ0n) is 14.8. The van der Waals surface area contributed by atoms with Crippen LogP contribution in [0.5, 0.6) is 0 Å². The van der Waals surface area contributed by atoms with Gasteiger partial charge in [-0.2, -0.15) is 0 Å². The Labute approximate surface area is 161 Å². The molecule has 7 nitrogen and oxygen atoms in total. The van der Waals surface area contributed by atoms with Crippen LogP contribution in [0.25, 0.3) is 0 Å². The van der Waals surface area contributed by atoms with Gasteiger partial charge in [0, 0.05) is 12.1 Å². The van der Waals surface area contributed by atoms with Gasteiger partial charge in [-0.05, 0) is 37.1 Å². The van der Waals surface area contributed by atoms with E-state index in [1.165, 1.54) is 17.4 Å². The van der Waals surface area contributed by atoms with Crippen LogP contribution in [0.3, 0.4) is 0 Å². The zero-order chi connectivity index (χ0) is 19.4. The quantitative estimate of drug-likeness (QED) is 0.660. The maximum atomic E-state index is 12.7. The van der Waals surface area contributed by atoms with Crippen LogP contribution in [0.2, 0.25) is 0 Å². The first-order chi connectivity index (χ1) is 12.8. The number of carbonyl (C=O) groups excluding carboxylic acids is 1. The van der Waals surface area contributed by atoms with Gasteiger partial charge in [0.25, 0.3) is 5.91 Å². The van der Waals surface area contributed by atoms with Crippen molar-refractivity contribution in [1.29, 1.82) is 0 Å². The van der Waals surface area contributed by atoms with E-state index in [1.807, 2.05) is 30.3 Å². The van der Waals surface area contributed by atoms with E-state index < -0.39 is 15.9 Å². The molecule has 2 N–H and O–H groups in total. The highest BCUT2D eigenvalue weighted by atomic mass is 32.2. The van der Waals surface area contributed by atoms with E-state index in [9.17, 15) is 13.2 Å². The Hall–Kier alpha value is -2.62. The Balaban J connectivity index is 1.80. The molecular weight excluding hydrogens is 384 g/mol. The van der Waals surface area contributed by atoms with Crippen molar-refractivity contribution in [2.45, 2.75) is 25.3 Å². The molecule has 0 saturated heterocycles. The first-order valence-corrected chi connectivity index (χ1v) is 10.4. The number of aryl methyl sites for hydroxylation is 2. The molecule has 3 aromatic rings. The van der Waals surface area contributed by atoms with Crippen LogP contribution in [0.15, 0.2) is 53.4 Å². The van der Waals surface area contributed by atoms with Crippen LogP contribution in [0.4, 0.5) is 5.13 Å². The van der Waals surface area contributed by atoms with Crippen molar-refractivity contribution in [3.8, 4) is 0 Å². The molecule has 0 aliphatic carbocycles. The minimum absolute atomic E-state index is 0.0690. The van der Waals surface area contributed by atoms with Crippen LogP contribution in [-0.4, -0.2) is 24.5 Å². The highest BCUT2D eigenvalue weighted by Crippen LogP contribution is 2.20. The van der Waals surface area contributed by atoms with Crippen molar-refractivity contribution in [2.24, 2.45) is 0 Å². The number of carbonyl (C=O) groups is 1. The van der Waals surface area contributed by atoms with Gasteiger partial charge in [-0.1, -0.05) is 47.7 Å². The molecule has 0 saturated carbocycles. The third-order valence-corrected chi connectivity index (χ3v) is 6.09. The third kappa shape index (κ3) is 4.76. The molecule has 27 heavy (non-hydrogen) atoms. The Bertz CT molecular complexity index is 1060. The topological polar surface area (TPSA) is 101 Å². The van der Waals surface area contributed by atoms with Gasteiger partial charge in [-0.25, -0.2) is 13.1 Å². The van der Waals surface area contributed by atoms with Crippen LogP contribution in [-0.2, 0) is 16.6 Å². The lowest BCUT2D eigenvalue weighted by atomic mass is 10.1. The molecule has 2 aromatic carbocycles. The maximum absolute atomic E-state index is 12.7. The number of anilines is 1. The molecular formula is C18H18N4O3S2. The number of hydrogen-bond acceptors (Lipinski definition) is 6. The average Bonchev–Trinajstić information content (AvgIpc) is 3.06.